The number of ether oxygens (including phenoxy) is 1. The van der Waals surface area contributed by atoms with Crippen LogP contribution in [0.1, 0.15) is 29.9 Å². The first kappa shape index (κ1) is 17.1. The average Bonchev–Trinajstić information content (AvgIpc) is 3.15. The summed E-state index contributed by atoms with van der Waals surface area (Å²) in [4.78, 5) is 2.33. The number of nitrogens with two attached hydrogens (primary N) is 1. The first-order valence-electron chi connectivity index (χ1n) is 8.50. The summed E-state index contributed by atoms with van der Waals surface area (Å²) in [5.41, 5.74) is 9.20. The van der Waals surface area contributed by atoms with E-state index in [2.05, 4.69) is 17.0 Å². The van der Waals surface area contributed by atoms with Crippen molar-refractivity contribution in [3.63, 3.8) is 0 Å². The van der Waals surface area contributed by atoms with E-state index in [0.29, 0.717) is 21.4 Å². The van der Waals surface area contributed by atoms with Gasteiger partial charge in [-0.25, -0.2) is 0 Å². The number of hydrogen-bond acceptors (Lipinski definition) is 4. The maximum absolute atomic E-state index is 9.65. The molecule has 1 unspecified atom stereocenters. The minimum Gasteiger partial charge on any atom is -0.440 e. The summed E-state index contributed by atoms with van der Waals surface area (Å²) in [6, 6.07) is 13.5. The fraction of sp³-hybridized carbons (Fsp3) is 0.250. The standard InChI is InChI=1S/C20H17Cl2N3O/c21-12-3-5-14(17(22)9-12)19-15-6-4-13(25-7-1-2-8-25)10-18(15)26-20(24)16(19)11-23/h3-6,9-10,19H,1-2,7-8,24H2. The molecule has 2 aromatic rings. The van der Waals surface area contributed by atoms with Crippen molar-refractivity contribution < 1.29 is 4.74 Å². The van der Waals surface area contributed by atoms with E-state index in [9.17, 15) is 5.26 Å². The molecule has 0 saturated carbocycles. The highest BCUT2D eigenvalue weighted by molar-refractivity contribution is 6.35. The summed E-state index contributed by atoms with van der Waals surface area (Å²) < 4.78 is 5.79. The maximum atomic E-state index is 9.65. The average molecular weight is 386 g/mol. The zero-order chi connectivity index (χ0) is 18.3. The molecule has 0 aliphatic carbocycles. The molecular weight excluding hydrogens is 369 g/mol. The van der Waals surface area contributed by atoms with E-state index in [-0.39, 0.29) is 11.8 Å². The predicted octanol–water partition coefficient (Wildman–Crippen LogP) is 4.81. The molecular formula is C20H17Cl2N3O. The molecule has 0 spiro atoms. The Balaban J connectivity index is 1.84. The van der Waals surface area contributed by atoms with E-state index in [1.54, 1.807) is 12.1 Å². The minimum absolute atomic E-state index is 0.120. The van der Waals surface area contributed by atoms with Gasteiger partial charge in [0, 0.05) is 40.5 Å². The monoisotopic (exact) mass is 385 g/mol. The minimum atomic E-state index is -0.374. The molecule has 26 heavy (non-hydrogen) atoms. The molecule has 6 heteroatoms. The van der Waals surface area contributed by atoms with Crippen LogP contribution in [0.15, 0.2) is 47.9 Å². The van der Waals surface area contributed by atoms with Gasteiger partial charge in [0.05, 0.1) is 5.92 Å². The third kappa shape index (κ3) is 2.88. The van der Waals surface area contributed by atoms with Crippen molar-refractivity contribution in [2.75, 3.05) is 18.0 Å². The summed E-state index contributed by atoms with van der Waals surface area (Å²) in [6.07, 6.45) is 2.39. The number of anilines is 1. The molecule has 4 rings (SSSR count). The molecule has 2 N–H and O–H groups in total. The van der Waals surface area contributed by atoms with Crippen LogP contribution in [0.5, 0.6) is 5.75 Å². The number of benzene rings is 2. The van der Waals surface area contributed by atoms with Crippen LogP contribution in [0.2, 0.25) is 10.0 Å². The van der Waals surface area contributed by atoms with Crippen LogP contribution in [-0.4, -0.2) is 13.1 Å². The zero-order valence-corrected chi connectivity index (χ0v) is 15.5. The molecule has 4 nitrogen and oxygen atoms in total. The lowest BCUT2D eigenvalue weighted by molar-refractivity contribution is 0.394. The van der Waals surface area contributed by atoms with Crippen LogP contribution < -0.4 is 15.4 Å². The molecule has 1 atom stereocenters. The van der Waals surface area contributed by atoms with E-state index < -0.39 is 0 Å². The van der Waals surface area contributed by atoms with E-state index in [0.717, 1.165) is 29.9 Å². The van der Waals surface area contributed by atoms with Crippen molar-refractivity contribution in [2.24, 2.45) is 5.73 Å². The van der Waals surface area contributed by atoms with Gasteiger partial charge in [-0.1, -0.05) is 35.3 Å². The van der Waals surface area contributed by atoms with Crippen molar-refractivity contribution >= 4 is 28.9 Å². The number of fused-ring (bicyclic) bond motifs is 1. The Morgan fingerprint density at radius 2 is 1.81 bits per heavy atom. The number of halogens is 2. The van der Waals surface area contributed by atoms with Crippen LogP contribution in [0.25, 0.3) is 0 Å². The zero-order valence-electron chi connectivity index (χ0n) is 14.0. The SMILES string of the molecule is N#CC1=C(N)Oc2cc(N3CCCC3)ccc2C1c1ccc(Cl)cc1Cl. The highest BCUT2D eigenvalue weighted by Gasteiger charge is 2.32. The highest BCUT2D eigenvalue weighted by Crippen LogP contribution is 2.45. The highest BCUT2D eigenvalue weighted by atomic mass is 35.5. The third-order valence-electron chi connectivity index (χ3n) is 4.95. The number of nitrogens with zero attached hydrogens (tertiary/aromatic N) is 2. The Labute approximate surface area is 162 Å². The summed E-state index contributed by atoms with van der Waals surface area (Å²) >= 11 is 12.5. The smallest absolute Gasteiger partial charge is 0.205 e. The van der Waals surface area contributed by atoms with E-state index in [1.165, 1.54) is 12.8 Å². The topological polar surface area (TPSA) is 62.3 Å². The van der Waals surface area contributed by atoms with Crippen LogP contribution in [0.4, 0.5) is 5.69 Å². The summed E-state index contributed by atoms with van der Waals surface area (Å²) in [5.74, 6) is 0.414. The predicted molar refractivity (Wildman–Crippen MR) is 104 cm³/mol. The van der Waals surface area contributed by atoms with Crippen molar-refractivity contribution in [3.05, 3.63) is 69.0 Å². The first-order chi connectivity index (χ1) is 12.6. The van der Waals surface area contributed by atoms with Crippen molar-refractivity contribution in [2.45, 2.75) is 18.8 Å². The van der Waals surface area contributed by atoms with E-state index >= 15 is 0 Å². The van der Waals surface area contributed by atoms with Crippen LogP contribution in [0, 0.1) is 11.3 Å². The van der Waals surface area contributed by atoms with Gasteiger partial charge >= 0.3 is 0 Å². The molecule has 0 radical (unpaired) electrons. The molecule has 1 saturated heterocycles. The second kappa shape index (κ2) is 6.75. The van der Waals surface area contributed by atoms with Gasteiger partial charge in [-0.15, -0.1) is 0 Å². The van der Waals surface area contributed by atoms with Crippen LogP contribution in [-0.2, 0) is 0 Å². The van der Waals surface area contributed by atoms with Gasteiger partial charge in [-0.3, -0.25) is 0 Å². The maximum Gasteiger partial charge on any atom is 0.205 e. The second-order valence-corrected chi connectivity index (χ2v) is 7.35. The van der Waals surface area contributed by atoms with Gasteiger partial charge in [0.15, 0.2) is 0 Å². The van der Waals surface area contributed by atoms with Gasteiger partial charge in [0.25, 0.3) is 0 Å². The molecule has 0 aromatic heterocycles. The Morgan fingerprint density at radius 3 is 2.50 bits per heavy atom. The van der Waals surface area contributed by atoms with E-state index in [4.69, 9.17) is 33.7 Å². The van der Waals surface area contributed by atoms with Crippen molar-refractivity contribution in [1.82, 2.24) is 0 Å². The fourth-order valence-corrected chi connectivity index (χ4v) is 4.19. The Morgan fingerprint density at radius 1 is 1.08 bits per heavy atom. The lowest BCUT2D eigenvalue weighted by Crippen LogP contribution is -2.22. The Hall–Kier alpha value is -2.35. The van der Waals surface area contributed by atoms with Gasteiger partial charge in [-0.2, -0.15) is 5.26 Å². The van der Waals surface area contributed by atoms with Gasteiger partial charge in [-0.05, 0) is 36.6 Å². The van der Waals surface area contributed by atoms with Gasteiger partial charge in [0.2, 0.25) is 5.88 Å². The first-order valence-corrected chi connectivity index (χ1v) is 9.25. The second-order valence-electron chi connectivity index (χ2n) is 6.51. The molecule has 0 bridgehead atoms. The van der Waals surface area contributed by atoms with Crippen molar-refractivity contribution in [1.29, 1.82) is 5.26 Å². The third-order valence-corrected chi connectivity index (χ3v) is 5.51. The summed E-state index contributed by atoms with van der Waals surface area (Å²) in [5, 5.41) is 10.7. The number of hydrogen-bond donors (Lipinski definition) is 1. The molecule has 132 valence electrons. The molecule has 0 amide bonds. The van der Waals surface area contributed by atoms with Gasteiger partial charge in [0.1, 0.15) is 17.4 Å². The largest absolute Gasteiger partial charge is 0.440 e. The Kier molecular flexibility index (Phi) is 4.44. The van der Waals surface area contributed by atoms with Crippen LogP contribution in [0.3, 0.4) is 0 Å². The Bertz CT molecular complexity index is 943. The fourth-order valence-electron chi connectivity index (χ4n) is 3.67. The molecule has 2 aliphatic heterocycles. The molecule has 2 heterocycles. The molecule has 2 aromatic carbocycles. The quantitative estimate of drug-likeness (QED) is 0.805. The van der Waals surface area contributed by atoms with Crippen molar-refractivity contribution in [3.8, 4) is 11.8 Å². The number of allylic oxidation sites excluding steroid dienone is 1. The normalized spacial score (nSPS) is 19.1. The van der Waals surface area contributed by atoms with Gasteiger partial charge < -0.3 is 15.4 Å². The number of nitriles is 1. The van der Waals surface area contributed by atoms with Crippen LogP contribution >= 0.6 is 23.2 Å². The molecule has 2 aliphatic rings. The lowest BCUT2D eigenvalue weighted by Gasteiger charge is -2.28. The molecule has 1 fully saturated rings. The summed E-state index contributed by atoms with van der Waals surface area (Å²) in [6.45, 7) is 2.08. The summed E-state index contributed by atoms with van der Waals surface area (Å²) in [7, 11) is 0. The lowest BCUT2D eigenvalue weighted by atomic mass is 9.83. The van der Waals surface area contributed by atoms with E-state index in [1.807, 2.05) is 18.2 Å². The number of rotatable bonds is 2.